The molecular weight excluding hydrogens is 425 g/mol. The Balaban J connectivity index is 1.43. The number of hydrogen-bond donors (Lipinski definition) is 3. The number of β-amino-alcohol motifs (C(OH)–C–C–N with tert-alkyl or cyclic N) is 1. The van der Waals surface area contributed by atoms with Crippen LogP contribution in [0.4, 0.5) is 27.8 Å². The van der Waals surface area contributed by atoms with Crippen molar-refractivity contribution >= 4 is 34.2 Å². The zero-order valence-electron chi connectivity index (χ0n) is 18.7. The number of halogens is 1. The lowest BCUT2D eigenvalue weighted by Gasteiger charge is -2.37. The Bertz CT molecular complexity index is 1150. The molecule has 2 atom stereocenters. The summed E-state index contributed by atoms with van der Waals surface area (Å²) < 4.78 is 14.0. The first-order valence-corrected chi connectivity index (χ1v) is 11.3. The first kappa shape index (κ1) is 21.7. The van der Waals surface area contributed by atoms with Crippen LogP contribution in [-0.2, 0) is 0 Å². The van der Waals surface area contributed by atoms with E-state index in [1.165, 1.54) is 0 Å². The molecule has 9 nitrogen and oxygen atoms in total. The molecule has 5 heterocycles. The van der Waals surface area contributed by atoms with Gasteiger partial charge in [0.2, 0.25) is 5.95 Å². The molecule has 0 radical (unpaired) electrons. The molecule has 174 valence electrons. The Hall–Kier alpha value is -3.11. The molecule has 2 aliphatic rings. The van der Waals surface area contributed by atoms with Crippen LogP contribution in [0, 0.1) is 0 Å². The summed E-state index contributed by atoms with van der Waals surface area (Å²) in [4.78, 5) is 21.8. The van der Waals surface area contributed by atoms with E-state index in [-0.39, 0.29) is 18.6 Å². The van der Waals surface area contributed by atoms with Crippen molar-refractivity contribution in [3.63, 3.8) is 0 Å². The third kappa shape index (κ3) is 4.28. The highest BCUT2D eigenvalue weighted by atomic mass is 19.1. The van der Waals surface area contributed by atoms with Gasteiger partial charge in [-0.1, -0.05) is 13.8 Å². The number of alkyl halides is 1. The molecule has 0 bridgehead atoms. The van der Waals surface area contributed by atoms with Crippen molar-refractivity contribution in [2.24, 2.45) is 0 Å². The topological polar surface area (TPSA) is 111 Å². The minimum Gasteiger partial charge on any atom is -0.390 e. The van der Waals surface area contributed by atoms with Crippen molar-refractivity contribution in [1.29, 1.82) is 0 Å². The van der Waals surface area contributed by atoms with Gasteiger partial charge in [-0.3, -0.25) is 0 Å². The van der Waals surface area contributed by atoms with E-state index < -0.39 is 12.3 Å². The maximum Gasteiger partial charge on any atom is 0.227 e. The van der Waals surface area contributed by atoms with Gasteiger partial charge in [-0.05, 0) is 35.4 Å². The van der Waals surface area contributed by atoms with Gasteiger partial charge >= 0.3 is 0 Å². The number of aliphatic hydroxyl groups excluding tert-OH is 2. The Morgan fingerprint density at radius 3 is 2.58 bits per heavy atom. The molecule has 2 aliphatic heterocycles. The largest absolute Gasteiger partial charge is 0.390 e. The second kappa shape index (κ2) is 8.68. The van der Waals surface area contributed by atoms with E-state index in [0.29, 0.717) is 43.6 Å². The van der Waals surface area contributed by atoms with Gasteiger partial charge in [0.1, 0.15) is 23.6 Å². The zero-order valence-corrected chi connectivity index (χ0v) is 18.7. The van der Waals surface area contributed by atoms with E-state index in [1.54, 1.807) is 23.4 Å². The molecule has 3 N–H and O–H groups in total. The van der Waals surface area contributed by atoms with E-state index in [2.05, 4.69) is 44.0 Å². The lowest BCUT2D eigenvalue weighted by Crippen LogP contribution is -2.51. The van der Waals surface area contributed by atoms with Gasteiger partial charge in [-0.15, -0.1) is 0 Å². The molecule has 0 unspecified atom stereocenters. The molecule has 10 heteroatoms. The first-order valence-electron chi connectivity index (χ1n) is 11.3. The smallest absolute Gasteiger partial charge is 0.227 e. The van der Waals surface area contributed by atoms with Gasteiger partial charge in [0.15, 0.2) is 0 Å². The average molecular weight is 454 g/mol. The van der Waals surface area contributed by atoms with Crippen LogP contribution in [0.15, 0.2) is 30.7 Å². The highest BCUT2D eigenvalue weighted by molar-refractivity contribution is 5.96. The number of nitrogens with one attached hydrogen (secondary N) is 1. The number of nitrogens with zero attached hydrogens (tertiary/aromatic N) is 6. The van der Waals surface area contributed by atoms with E-state index >= 15 is 0 Å². The summed E-state index contributed by atoms with van der Waals surface area (Å²) in [7, 11) is 0. The van der Waals surface area contributed by atoms with Crippen LogP contribution < -0.4 is 15.1 Å². The molecule has 0 aliphatic carbocycles. The minimum absolute atomic E-state index is 0.0670. The summed E-state index contributed by atoms with van der Waals surface area (Å²) in [6, 6.07) is 3.73. The normalized spacial score (nSPS) is 21.5. The van der Waals surface area contributed by atoms with Gasteiger partial charge < -0.3 is 25.3 Å². The van der Waals surface area contributed by atoms with Gasteiger partial charge in [-0.25, -0.2) is 19.3 Å². The fourth-order valence-electron chi connectivity index (χ4n) is 4.33. The van der Waals surface area contributed by atoms with Crippen molar-refractivity contribution in [2.75, 3.05) is 41.3 Å². The maximum atomic E-state index is 14.0. The van der Waals surface area contributed by atoms with E-state index in [1.807, 2.05) is 12.3 Å². The molecule has 2 saturated heterocycles. The molecule has 3 aromatic rings. The summed E-state index contributed by atoms with van der Waals surface area (Å²) in [5, 5.41) is 24.6. The third-order valence-corrected chi connectivity index (χ3v) is 6.25. The highest BCUT2D eigenvalue weighted by Gasteiger charge is 2.29. The molecule has 2 fully saturated rings. The number of pyridine rings is 2. The van der Waals surface area contributed by atoms with Crippen molar-refractivity contribution < 1.29 is 14.6 Å². The molecule has 33 heavy (non-hydrogen) atoms. The van der Waals surface area contributed by atoms with Gasteiger partial charge in [0.05, 0.1) is 18.8 Å². The maximum absolute atomic E-state index is 14.0. The highest BCUT2D eigenvalue weighted by Crippen LogP contribution is 2.34. The molecule has 5 rings (SSSR count). The van der Waals surface area contributed by atoms with Crippen LogP contribution in [0.5, 0.6) is 0 Å². The van der Waals surface area contributed by atoms with E-state index in [4.69, 9.17) is 0 Å². The number of fused-ring (bicyclic) bond motifs is 1. The Kier molecular flexibility index (Phi) is 5.71. The fourth-order valence-corrected chi connectivity index (χ4v) is 4.33. The number of rotatable bonds is 5. The molecule has 3 aromatic heterocycles. The van der Waals surface area contributed by atoms with E-state index in [0.717, 1.165) is 22.2 Å². The summed E-state index contributed by atoms with van der Waals surface area (Å²) in [6.45, 7) is 5.96. The van der Waals surface area contributed by atoms with Crippen LogP contribution in [0.2, 0.25) is 0 Å². The monoisotopic (exact) mass is 453 g/mol. The van der Waals surface area contributed by atoms with Crippen molar-refractivity contribution in [3.8, 4) is 0 Å². The van der Waals surface area contributed by atoms with Crippen LogP contribution in [-0.4, -0.2) is 74.7 Å². The summed E-state index contributed by atoms with van der Waals surface area (Å²) in [6.07, 6.45) is 3.11. The van der Waals surface area contributed by atoms with Crippen molar-refractivity contribution in [1.82, 2.24) is 19.9 Å². The summed E-state index contributed by atoms with van der Waals surface area (Å²) in [5.74, 6) is 2.71. The number of aromatic nitrogens is 4. The number of piperidine rings is 1. The van der Waals surface area contributed by atoms with Crippen LogP contribution in [0.3, 0.4) is 0 Å². The number of aliphatic hydroxyl groups is 2. The number of hydrogen-bond acceptors (Lipinski definition) is 9. The zero-order chi connectivity index (χ0) is 23.1. The quantitative estimate of drug-likeness (QED) is 0.536. The third-order valence-electron chi connectivity index (χ3n) is 6.25. The Labute approximate surface area is 191 Å². The summed E-state index contributed by atoms with van der Waals surface area (Å²) in [5.41, 5.74) is 1.12. The fraction of sp³-hybridized carbons (Fsp3) is 0.478. The molecular formula is C23H28FN7O2. The predicted octanol–water partition coefficient (Wildman–Crippen LogP) is 2.38. The molecule has 0 amide bonds. The van der Waals surface area contributed by atoms with Crippen molar-refractivity contribution in [3.05, 3.63) is 36.3 Å². The standard InChI is InChI=1S/C23H28FN7O2/c1-13(2)16-8-27-22(31-10-14(32)11-31)17-9-26-21(7-15(16)17)28-20-3-5-25-23(29-20)30-6-4-19(33)18(24)12-30/h3,5,7-9,13-14,18-19,32-33H,4,6,10-12H2,1-2H3,(H,25,26,28,29)/t18-,19+/m0/s1. The molecule has 0 saturated carbocycles. The van der Waals surface area contributed by atoms with Gasteiger partial charge in [0.25, 0.3) is 0 Å². The second-order valence-electron chi connectivity index (χ2n) is 9.05. The van der Waals surface area contributed by atoms with Crippen LogP contribution in [0.1, 0.15) is 31.7 Å². The molecule has 0 spiro atoms. The molecule has 0 aromatic carbocycles. The first-order chi connectivity index (χ1) is 15.9. The lowest BCUT2D eigenvalue weighted by molar-refractivity contribution is 0.0612. The van der Waals surface area contributed by atoms with E-state index in [9.17, 15) is 14.6 Å². The van der Waals surface area contributed by atoms with Gasteiger partial charge in [0, 0.05) is 43.6 Å². The Morgan fingerprint density at radius 1 is 1.03 bits per heavy atom. The SMILES string of the molecule is CC(C)c1cnc(N2CC(O)C2)c2cnc(Nc3ccnc(N4CC[C@@H](O)[C@@H](F)C4)n3)cc12. The minimum atomic E-state index is -1.31. The van der Waals surface area contributed by atoms with Gasteiger partial charge in [-0.2, -0.15) is 4.98 Å². The lowest BCUT2D eigenvalue weighted by atomic mass is 9.98. The summed E-state index contributed by atoms with van der Waals surface area (Å²) >= 11 is 0. The van der Waals surface area contributed by atoms with Crippen molar-refractivity contribution in [2.45, 2.75) is 44.6 Å². The second-order valence-corrected chi connectivity index (χ2v) is 9.05. The number of anilines is 4. The average Bonchev–Trinajstić information content (AvgIpc) is 2.78. The van der Waals surface area contributed by atoms with Crippen LogP contribution >= 0.6 is 0 Å². The van der Waals surface area contributed by atoms with Crippen LogP contribution in [0.25, 0.3) is 10.8 Å². The Morgan fingerprint density at radius 2 is 1.85 bits per heavy atom. The predicted molar refractivity (Wildman–Crippen MR) is 125 cm³/mol.